The van der Waals surface area contributed by atoms with E-state index in [0.29, 0.717) is 13.1 Å². The largest absolute Gasteiger partial charge is 0.453 e. The van der Waals surface area contributed by atoms with Crippen molar-refractivity contribution in [2.45, 2.75) is 58.2 Å². The molecule has 0 amide bonds. The summed E-state index contributed by atoms with van der Waals surface area (Å²) in [6, 6.07) is 13.8. The Morgan fingerprint density at radius 1 is 0.930 bits per heavy atom. The fourth-order valence-electron chi connectivity index (χ4n) is 5.20. The molecule has 0 spiro atoms. The van der Waals surface area contributed by atoms with Crippen LogP contribution in [0.3, 0.4) is 0 Å². The highest BCUT2D eigenvalue weighted by Gasteiger charge is 2.41. The van der Waals surface area contributed by atoms with Gasteiger partial charge in [0.25, 0.3) is 5.76 Å². The molecular weight excluding hydrogens is 566 g/mol. The van der Waals surface area contributed by atoms with E-state index >= 15 is 0 Å². The number of esters is 1. The SMILES string of the molecule is CCCc1ccc(Oc2c(C(F)(F)F)oc3c(CN4CCCCCC4)c(OC(=O)c4ccc(F)cc4)ccc3c2=O)cc1. The van der Waals surface area contributed by atoms with Crippen molar-refractivity contribution in [1.82, 2.24) is 4.90 Å². The fraction of sp³-hybridized carbons (Fsp3) is 0.333. The molecule has 0 radical (unpaired) electrons. The lowest BCUT2D eigenvalue weighted by atomic mass is 10.1. The summed E-state index contributed by atoms with van der Waals surface area (Å²) in [4.78, 5) is 28.6. The Bertz CT molecular complexity index is 1640. The summed E-state index contributed by atoms with van der Waals surface area (Å²) >= 11 is 0. The molecule has 0 aliphatic carbocycles. The van der Waals surface area contributed by atoms with E-state index in [1.165, 1.54) is 36.4 Å². The molecule has 3 aromatic carbocycles. The van der Waals surface area contributed by atoms with E-state index in [1.807, 2.05) is 11.8 Å². The van der Waals surface area contributed by atoms with Gasteiger partial charge < -0.3 is 13.9 Å². The van der Waals surface area contributed by atoms with Crippen molar-refractivity contribution in [2.24, 2.45) is 0 Å². The van der Waals surface area contributed by atoms with E-state index in [9.17, 15) is 27.2 Å². The van der Waals surface area contributed by atoms with Gasteiger partial charge in [-0.25, -0.2) is 9.18 Å². The third kappa shape index (κ3) is 7.07. The molecule has 6 nitrogen and oxygen atoms in total. The van der Waals surface area contributed by atoms with Crippen LogP contribution in [-0.4, -0.2) is 24.0 Å². The number of hydrogen-bond donors (Lipinski definition) is 0. The quantitative estimate of drug-likeness (QED) is 0.116. The minimum atomic E-state index is -5.06. The van der Waals surface area contributed by atoms with Crippen LogP contribution in [0.25, 0.3) is 11.0 Å². The maximum atomic E-state index is 14.4. The van der Waals surface area contributed by atoms with Crippen LogP contribution in [0.5, 0.6) is 17.2 Å². The van der Waals surface area contributed by atoms with Gasteiger partial charge in [0.05, 0.1) is 16.5 Å². The maximum Gasteiger partial charge on any atom is 0.453 e. The molecule has 5 rings (SSSR count). The number of ether oxygens (including phenoxy) is 2. The van der Waals surface area contributed by atoms with E-state index in [0.717, 1.165) is 56.2 Å². The van der Waals surface area contributed by atoms with Crippen LogP contribution in [0.15, 0.2) is 69.9 Å². The number of carbonyl (C=O) groups is 1. The van der Waals surface area contributed by atoms with Crippen LogP contribution in [-0.2, 0) is 19.1 Å². The Morgan fingerprint density at radius 2 is 1.60 bits per heavy atom. The second-order valence-electron chi connectivity index (χ2n) is 10.6. The average Bonchev–Trinajstić information content (AvgIpc) is 3.25. The zero-order chi connectivity index (χ0) is 30.6. The third-order valence-electron chi connectivity index (χ3n) is 7.38. The molecule has 0 unspecified atom stereocenters. The second-order valence-corrected chi connectivity index (χ2v) is 10.6. The topological polar surface area (TPSA) is 69.0 Å². The first kappa shape index (κ1) is 30.3. The zero-order valence-corrected chi connectivity index (χ0v) is 23.6. The van der Waals surface area contributed by atoms with E-state index in [2.05, 4.69) is 0 Å². The molecule has 0 atom stereocenters. The molecule has 10 heteroatoms. The normalized spacial score (nSPS) is 14.4. The summed E-state index contributed by atoms with van der Waals surface area (Å²) in [5, 5.41) is -0.142. The van der Waals surface area contributed by atoms with Crippen LogP contribution in [0, 0.1) is 5.82 Å². The highest BCUT2D eigenvalue weighted by Crippen LogP contribution is 2.40. The molecule has 1 aliphatic heterocycles. The molecule has 2 heterocycles. The minimum absolute atomic E-state index is 0.0494. The number of likely N-dealkylation sites (tertiary alicyclic amines) is 1. The highest BCUT2D eigenvalue weighted by atomic mass is 19.4. The fourth-order valence-corrected chi connectivity index (χ4v) is 5.20. The van der Waals surface area contributed by atoms with Crippen molar-refractivity contribution >= 4 is 16.9 Å². The van der Waals surface area contributed by atoms with Gasteiger partial charge >= 0.3 is 12.1 Å². The number of aryl methyl sites for hydroxylation is 1. The molecule has 1 aliphatic rings. The molecule has 1 aromatic heterocycles. The number of fused-ring (bicyclic) bond motifs is 1. The minimum Gasteiger partial charge on any atom is -0.449 e. The Balaban J connectivity index is 1.62. The van der Waals surface area contributed by atoms with Crippen molar-refractivity contribution in [1.29, 1.82) is 0 Å². The average molecular weight is 598 g/mol. The first-order chi connectivity index (χ1) is 20.6. The maximum absolute atomic E-state index is 14.4. The van der Waals surface area contributed by atoms with Crippen LogP contribution in [0.2, 0.25) is 0 Å². The van der Waals surface area contributed by atoms with Gasteiger partial charge in [-0.05, 0) is 86.4 Å². The van der Waals surface area contributed by atoms with Crippen molar-refractivity contribution in [2.75, 3.05) is 13.1 Å². The van der Waals surface area contributed by atoms with Crippen molar-refractivity contribution in [3.8, 4) is 17.2 Å². The summed E-state index contributed by atoms with van der Waals surface area (Å²) in [6.07, 6.45) is 0.446. The number of benzene rings is 3. The van der Waals surface area contributed by atoms with Crippen molar-refractivity contribution < 1.29 is 36.2 Å². The van der Waals surface area contributed by atoms with Crippen LogP contribution < -0.4 is 14.9 Å². The summed E-state index contributed by atoms with van der Waals surface area (Å²) in [5.41, 5.74) is -0.171. The van der Waals surface area contributed by atoms with E-state index < -0.39 is 34.9 Å². The number of rotatable bonds is 8. The standard InChI is InChI=1S/C33H31F4NO5/c1-2-7-21-8-14-24(15-9-21)41-30-28(39)25-16-17-27(42-32(40)22-10-12-23(34)13-11-22)26(20-38-18-5-3-4-6-19-38)29(25)43-31(30)33(35,36)37/h8-17H,2-7,18-20H2,1H3. The van der Waals surface area contributed by atoms with Gasteiger partial charge in [0.1, 0.15) is 22.9 Å². The predicted molar refractivity (Wildman–Crippen MR) is 153 cm³/mol. The molecule has 43 heavy (non-hydrogen) atoms. The van der Waals surface area contributed by atoms with E-state index in [-0.39, 0.29) is 40.1 Å². The number of nitrogens with zero attached hydrogens (tertiary/aromatic N) is 1. The summed E-state index contributed by atoms with van der Waals surface area (Å²) < 4.78 is 73.2. The Morgan fingerprint density at radius 3 is 2.23 bits per heavy atom. The smallest absolute Gasteiger partial charge is 0.449 e. The van der Waals surface area contributed by atoms with E-state index in [1.54, 1.807) is 12.1 Å². The Hall–Kier alpha value is -4.18. The number of carbonyl (C=O) groups excluding carboxylic acids is 1. The lowest BCUT2D eigenvalue weighted by Crippen LogP contribution is -2.25. The monoisotopic (exact) mass is 597 g/mol. The lowest BCUT2D eigenvalue weighted by molar-refractivity contribution is -0.154. The van der Waals surface area contributed by atoms with Gasteiger partial charge in [0, 0.05) is 6.54 Å². The van der Waals surface area contributed by atoms with Gasteiger partial charge in [0.15, 0.2) is 0 Å². The summed E-state index contributed by atoms with van der Waals surface area (Å²) in [6.45, 7) is 3.44. The van der Waals surface area contributed by atoms with E-state index in [4.69, 9.17) is 13.9 Å². The predicted octanol–water partition coefficient (Wildman–Crippen LogP) is 8.29. The molecule has 1 saturated heterocycles. The zero-order valence-electron chi connectivity index (χ0n) is 23.6. The van der Waals surface area contributed by atoms with Crippen molar-refractivity contribution in [3.63, 3.8) is 0 Å². The van der Waals surface area contributed by atoms with Crippen molar-refractivity contribution in [3.05, 3.63) is 99.2 Å². The second kappa shape index (κ2) is 13.0. The first-order valence-electron chi connectivity index (χ1n) is 14.3. The van der Waals surface area contributed by atoms with Gasteiger partial charge in [0.2, 0.25) is 11.2 Å². The molecule has 226 valence electrons. The van der Waals surface area contributed by atoms with Gasteiger partial charge in [-0.1, -0.05) is 38.3 Å². The van der Waals surface area contributed by atoms with Gasteiger partial charge in [-0.2, -0.15) is 13.2 Å². The first-order valence-corrected chi connectivity index (χ1v) is 14.3. The van der Waals surface area contributed by atoms with Gasteiger partial charge in [-0.3, -0.25) is 9.69 Å². The van der Waals surface area contributed by atoms with Gasteiger partial charge in [-0.15, -0.1) is 0 Å². The molecule has 0 saturated carbocycles. The molecule has 4 aromatic rings. The Labute approximate surface area is 245 Å². The number of hydrogen-bond acceptors (Lipinski definition) is 6. The molecule has 0 bridgehead atoms. The van der Waals surface area contributed by atoms with Crippen LogP contribution in [0.1, 0.15) is 66.3 Å². The highest BCUT2D eigenvalue weighted by molar-refractivity contribution is 5.92. The Kier molecular flexibility index (Phi) is 9.15. The third-order valence-corrected chi connectivity index (χ3v) is 7.38. The lowest BCUT2D eigenvalue weighted by Gasteiger charge is -2.22. The van der Waals surface area contributed by atoms with Crippen LogP contribution >= 0.6 is 0 Å². The number of alkyl halides is 3. The molecular formula is C33H31F4NO5. The summed E-state index contributed by atoms with van der Waals surface area (Å²) in [7, 11) is 0. The molecule has 1 fully saturated rings. The summed E-state index contributed by atoms with van der Waals surface area (Å²) in [5.74, 6) is -3.92. The number of halogens is 4. The molecule has 0 N–H and O–H groups in total. The van der Waals surface area contributed by atoms with Crippen LogP contribution in [0.4, 0.5) is 17.6 Å².